The van der Waals surface area contributed by atoms with E-state index in [1.807, 2.05) is 26.0 Å². The van der Waals surface area contributed by atoms with Crippen LogP contribution >= 0.6 is 0 Å². The second-order valence-electron chi connectivity index (χ2n) is 16.7. The lowest BCUT2D eigenvalue weighted by atomic mass is 9.97. The molecule has 2 saturated heterocycles. The van der Waals surface area contributed by atoms with E-state index < -0.39 is 20.6 Å². The van der Waals surface area contributed by atoms with Crippen LogP contribution in [0.3, 0.4) is 0 Å². The number of fused-ring (bicyclic) bond motifs is 2. The first-order valence-electron chi connectivity index (χ1n) is 20.1. The fourth-order valence-corrected chi connectivity index (χ4v) is 9.32. The van der Waals surface area contributed by atoms with Gasteiger partial charge in [-0.05, 0) is 122 Å². The van der Waals surface area contributed by atoms with Crippen molar-refractivity contribution < 1.29 is 27.5 Å². The van der Waals surface area contributed by atoms with E-state index in [-0.39, 0.29) is 29.0 Å². The Morgan fingerprint density at radius 1 is 0.965 bits per heavy atom. The Hall–Kier alpha value is -4.89. The molecule has 2 aromatic carbocycles. The molecule has 14 nitrogen and oxygen atoms in total. The van der Waals surface area contributed by atoms with E-state index in [0.717, 1.165) is 87.0 Å². The Morgan fingerprint density at radius 3 is 2.46 bits per heavy atom. The van der Waals surface area contributed by atoms with Crippen molar-refractivity contribution in [2.45, 2.75) is 115 Å². The molecule has 0 spiro atoms. The Bertz CT molecular complexity index is 2280. The molecule has 5 heterocycles. The zero-order valence-electron chi connectivity index (χ0n) is 33.6. The molecule has 2 fully saturated rings. The first-order valence-corrected chi connectivity index (χ1v) is 21.6. The number of aromatic amines is 1. The summed E-state index contributed by atoms with van der Waals surface area (Å²) in [5.74, 6) is 0.916. The molecular formula is C42H54N8O6S. The van der Waals surface area contributed by atoms with Crippen molar-refractivity contribution in [3.63, 3.8) is 0 Å². The maximum atomic E-state index is 13.9. The average Bonchev–Trinajstić information content (AvgIpc) is 3.68. The number of aryl methyl sites for hydroxylation is 2. The minimum absolute atomic E-state index is 0.127. The van der Waals surface area contributed by atoms with Crippen LogP contribution in [0.25, 0.3) is 10.9 Å². The quantitative estimate of drug-likeness (QED) is 0.102. The molecular weight excluding hydrogens is 745 g/mol. The normalized spacial score (nSPS) is 18.3. The van der Waals surface area contributed by atoms with E-state index in [4.69, 9.17) is 4.74 Å². The third-order valence-electron chi connectivity index (χ3n) is 11.8. The number of ether oxygens (including phenoxy) is 1. The van der Waals surface area contributed by atoms with Gasteiger partial charge >= 0.3 is 0 Å². The number of unbranched alkanes of at least 4 members (excludes halogenated alkanes) is 3. The van der Waals surface area contributed by atoms with Gasteiger partial charge in [-0.3, -0.25) is 24.8 Å². The smallest absolute Gasteiger partial charge is 0.255 e. The minimum atomic E-state index is -3.78. The highest BCUT2D eigenvalue weighted by Crippen LogP contribution is 2.38. The number of hydrogen-bond acceptors (Lipinski definition) is 11. The summed E-state index contributed by atoms with van der Waals surface area (Å²) in [6, 6.07) is 8.62. The number of benzene rings is 2. The first kappa shape index (κ1) is 40.3. The number of piperidine rings is 2. The van der Waals surface area contributed by atoms with E-state index in [1.165, 1.54) is 6.33 Å². The molecule has 3 aliphatic heterocycles. The highest BCUT2D eigenvalue weighted by atomic mass is 32.2. The second-order valence-corrected chi connectivity index (χ2v) is 19.4. The molecule has 15 heteroatoms. The molecule has 0 unspecified atom stereocenters. The Labute approximate surface area is 334 Å². The lowest BCUT2D eigenvalue weighted by Crippen LogP contribution is -2.52. The average molecular weight is 799 g/mol. The number of likely N-dealkylation sites (tertiary alicyclic amines) is 1. The first-order chi connectivity index (χ1) is 27.2. The number of anilines is 2. The van der Waals surface area contributed by atoms with Crippen molar-refractivity contribution in [1.82, 2.24) is 35.3 Å². The van der Waals surface area contributed by atoms with Crippen LogP contribution in [0.2, 0.25) is 0 Å². The van der Waals surface area contributed by atoms with E-state index in [1.54, 1.807) is 37.8 Å². The third-order valence-corrected chi connectivity index (χ3v) is 14.3. The summed E-state index contributed by atoms with van der Waals surface area (Å²) in [6.45, 7) is 12.8. The number of sulfone groups is 1. The Morgan fingerprint density at radius 2 is 1.74 bits per heavy atom. The zero-order chi connectivity index (χ0) is 40.5. The fraction of sp³-hybridized carbons (Fsp3) is 0.524. The molecule has 57 heavy (non-hydrogen) atoms. The van der Waals surface area contributed by atoms with Crippen molar-refractivity contribution in [2.24, 2.45) is 5.92 Å². The third kappa shape index (κ3) is 8.54. The largest absolute Gasteiger partial charge is 0.492 e. The van der Waals surface area contributed by atoms with Gasteiger partial charge in [-0.25, -0.2) is 18.4 Å². The highest BCUT2D eigenvalue weighted by Gasteiger charge is 2.40. The summed E-state index contributed by atoms with van der Waals surface area (Å²) < 4.78 is 33.2. The number of nitrogens with one attached hydrogen (secondary N) is 3. The van der Waals surface area contributed by atoms with Crippen molar-refractivity contribution in [3.05, 3.63) is 64.6 Å². The molecule has 2 aromatic heterocycles. The topological polar surface area (TPSA) is 180 Å². The molecule has 304 valence electrons. The molecule has 0 bridgehead atoms. The number of nitrogens with zero attached hydrogens (tertiary/aromatic N) is 5. The van der Waals surface area contributed by atoms with Crippen LogP contribution in [0.1, 0.15) is 105 Å². The van der Waals surface area contributed by atoms with Crippen LogP contribution in [-0.2, 0) is 32.4 Å². The molecule has 3 amide bonds. The van der Waals surface area contributed by atoms with Crippen molar-refractivity contribution >= 4 is 50.1 Å². The summed E-state index contributed by atoms with van der Waals surface area (Å²) in [5.41, 5.74) is 5.30. The number of amides is 3. The van der Waals surface area contributed by atoms with Crippen LogP contribution in [0, 0.1) is 19.8 Å². The molecule has 0 saturated carbocycles. The van der Waals surface area contributed by atoms with Gasteiger partial charge in [-0.15, -0.1) is 0 Å². The number of H-pyrrole nitrogens is 1. The number of rotatable bonds is 14. The van der Waals surface area contributed by atoms with Crippen LogP contribution in [-0.4, -0.2) is 93.1 Å². The summed E-state index contributed by atoms with van der Waals surface area (Å²) in [4.78, 5) is 50.4. The predicted molar refractivity (Wildman–Crippen MR) is 217 cm³/mol. The van der Waals surface area contributed by atoms with E-state index in [2.05, 4.69) is 41.8 Å². The Kier molecular flexibility index (Phi) is 11.7. The number of hydrogen-bond donors (Lipinski definition) is 3. The highest BCUT2D eigenvalue weighted by molar-refractivity contribution is 7.92. The van der Waals surface area contributed by atoms with Gasteiger partial charge in [0, 0.05) is 41.2 Å². The van der Waals surface area contributed by atoms with Crippen LogP contribution in [0.15, 0.2) is 41.6 Å². The van der Waals surface area contributed by atoms with E-state index in [9.17, 15) is 22.8 Å². The lowest BCUT2D eigenvalue weighted by molar-refractivity contribution is -0.136. The predicted octanol–water partition coefficient (Wildman–Crippen LogP) is 5.94. The van der Waals surface area contributed by atoms with Gasteiger partial charge in [0.1, 0.15) is 28.8 Å². The molecule has 7 rings (SSSR count). The summed E-state index contributed by atoms with van der Waals surface area (Å²) in [5, 5.41) is 13.5. The van der Waals surface area contributed by atoms with Crippen molar-refractivity contribution in [3.8, 4) is 5.75 Å². The van der Waals surface area contributed by atoms with Gasteiger partial charge in [0.15, 0.2) is 15.7 Å². The number of carbonyl (C=O) groups excluding carboxylic acids is 3. The number of imide groups is 1. The second kappa shape index (κ2) is 16.5. The van der Waals surface area contributed by atoms with E-state index in [0.29, 0.717) is 59.3 Å². The minimum Gasteiger partial charge on any atom is -0.492 e. The lowest BCUT2D eigenvalue weighted by Gasteiger charge is -2.32. The Balaban J connectivity index is 0.886. The van der Waals surface area contributed by atoms with Gasteiger partial charge in [0.2, 0.25) is 11.8 Å². The standard InChI is InChI=1S/C42H54N8O6S/c1-26-27(2)47-48-38(26)46-39-31-21-36(57(54,55)42(3,4)5)35(22-33(31)43-25-44-39)56-24-28-16-19-49(20-17-28)18-9-7-6-8-11-29-12-10-13-30-32(29)23-50(41(30)53)34-14-15-37(51)45-40(34)52/h10,12-13,21-22,25,28,34H,6-9,11,14-20,23-24H2,1-5H3,(H,45,51,52)(H2,43,44,46,47,48)/t34-/m0/s1. The summed E-state index contributed by atoms with van der Waals surface area (Å²) in [6.07, 6.45) is 9.25. The van der Waals surface area contributed by atoms with Crippen LogP contribution in [0.5, 0.6) is 5.75 Å². The van der Waals surface area contributed by atoms with Crippen LogP contribution < -0.4 is 15.4 Å². The van der Waals surface area contributed by atoms with Gasteiger partial charge in [0.05, 0.1) is 16.9 Å². The van der Waals surface area contributed by atoms with Gasteiger partial charge in [0.25, 0.3) is 5.91 Å². The molecule has 3 aliphatic rings. The van der Waals surface area contributed by atoms with Crippen LogP contribution in [0.4, 0.5) is 11.6 Å². The SMILES string of the molecule is Cc1[nH]nc(Nc2ncnc3cc(OCC4CCN(CCCCCCc5cccc6c5CN([C@H]5CCC(=O)NC5=O)C6=O)CC4)c(S(=O)(=O)C(C)(C)C)cc23)c1C. The van der Waals surface area contributed by atoms with Gasteiger partial charge in [-0.1, -0.05) is 25.0 Å². The molecule has 4 aromatic rings. The summed E-state index contributed by atoms with van der Waals surface area (Å²) in [7, 11) is -3.78. The van der Waals surface area contributed by atoms with Gasteiger partial charge < -0.3 is 19.9 Å². The molecule has 1 atom stereocenters. The summed E-state index contributed by atoms with van der Waals surface area (Å²) >= 11 is 0. The monoisotopic (exact) mass is 798 g/mol. The van der Waals surface area contributed by atoms with Gasteiger partial charge in [-0.2, -0.15) is 5.10 Å². The van der Waals surface area contributed by atoms with Crippen molar-refractivity contribution in [2.75, 3.05) is 31.6 Å². The molecule has 0 radical (unpaired) electrons. The molecule has 0 aliphatic carbocycles. The maximum Gasteiger partial charge on any atom is 0.255 e. The zero-order valence-corrected chi connectivity index (χ0v) is 34.4. The van der Waals surface area contributed by atoms with Crippen molar-refractivity contribution in [1.29, 1.82) is 0 Å². The number of aromatic nitrogens is 4. The molecule has 3 N–H and O–H groups in total. The van der Waals surface area contributed by atoms with E-state index >= 15 is 0 Å². The maximum absolute atomic E-state index is 13.9. The fourth-order valence-electron chi connectivity index (χ4n) is 8.01. The number of carbonyl (C=O) groups is 3.